The largest absolute Gasteiger partial charge is 0.481 e. The van der Waals surface area contributed by atoms with E-state index in [1.807, 2.05) is 4.90 Å². The van der Waals surface area contributed by atoms with Gasteiger partial charge in [0, 0.05) is 24.2 Å². The fourth-order valence-corrected chi connectivity index (χ4v) is 3.12. The number of benzene rings is 2. The van der Waals surface area contributed by atoms with Gasteiger partial charge in [0.05, 0.1) is 12.1 Å². The van der Waals surface area contributed by atoms with Gasteiger partial charge >= 0.3 is 5.97 Å². The molecule has 1 aliphatic heterocycles. The van der Waals surface area contributed by atoms with E-state index in [1.165, 1.54) is 30.5 Å². The Labute approximate surface area is 155 Å². The molecule has 0 spiro atoms. The second-order valence-electron chi connectivity index (χ2n) is 6.40. The molecule has 3 rings (SSSR count). The minimum atomic E-state index is -0.775. The zero-order valence-corrected chi connectivity index (χ0v) is 14.6. The summed E-state index contributed by atoms with van der Waals surface area (Å²) in [6.07, 6.45) is 1.99. The van der Waals surface area contributed by atoms with Gasteiger partial charge in [0.2, 0.25) is 0 Å². The molecule has 5 nitrogen and oxygen atoms in total. The Morgan fingerprint density at radius 3 is 2.81 bits per heavy atom. The minimum absolute atomic E-state index is 0.285. The molecule has 1 atom stereocenters. The number of aliphatic carboxylic acids is 1. The molecule has 1 saturated heterocycles. The minimum Gasteiger partial charge on any atom is -0.481 e. The van der Waals surface area contributed by atoms with Crippen molar-refractivity contribution in [3.8, 4) is 11.1 Å². The van der Waals surface area contributed by atoms with Gasteiger partial charge in [-0.15, -0.1) is 0 Å². The van der Waals surface area contributed by atoms with Gasteiger partial charge in [0.25, 0.3) is 0 Å². The Hall–Kier alpha value is -2.80. The van der Waals surface area contributed by atoms with Crippen LogP contribution in [-0.2, 0) is 9.63 Å². The average molecular weight is 374 g/mol. The lowest BCUT2D eigenvalue weighted by Gasteiger charge is -2.13. The highest BCUT2D eigenvalue weighted by atomic mass is 19.1. The molecule has 0 aromatic heterocycles. The van der Waals surface area contributed by atoms with Gasteiger partial charge < -0.3 is 9.94 Å². The quantitative estimate of drug-likeness (QED) is 0.458. The first-order chi connectivity index (χ1) is 13.0. The van der Waals surface area contributed by atoms with Gasteiger partial charge in [-0.1, -0.05) is 29.4 Å². The summed E-state index contributed by atoms with van der Waals surface area (Å²) in [4.78, 5) is 18.2. The van der Waals surface area contributed by atoms with Crippen LogP contribution in [0.5, 0.6) is 0 Å². The fraction of sp³-hybridized carbons (Fsp3) is 0.300. The summed E-state index contributed by atoms with van der Waals surface area (Å²) in [7, 11) is 0. The van der Waals surface area contributed by atoms with E-state index in [1.54, 1.807) is 18.2 Å². The van der Waals surface area contributed by atoms with Gasteiger partial charge in [-0.2, -0.15) is 0 Å². The molecule has 0 bridgehead atoms. The highest BCUT2D eigenvalue weighted by Gasteiger charge is 2.27. The van der Waals surface area contributed by atoms with Crippen LogP contribution in [0, 0.1) is 17.6 Å². The van der Waals surface area contributed by atoms with Crippen molar-refractivity contribution >= 4 is 12.2 Å². The van der Waals surface area contributed by atoms with E-state index in [9.17, 15) is 13.6 Å². The van der Waals surface area contributed by atoms with E-state index in [0.29, 0.717) is 42.7 Å². The molecule has 1 aliphatic rings. The zero-order chi connectivity index (χ0) is 19.2. The number of hydrogen-bond acceptors (Lipinski definition) is 4. The molecule has 1 heterocycles. The molecule has 0 aliphatic carbocycles. The number of likely N-dealkylation sites (tertiary alicyclic amines) is 1. The van der Waals surface area contributed by atoms with Crippen LogP contribution in [0.3, 0.4) is 0 Å². The summed E-state index contributed by atoms with van der Waals surface area (Å²) >= 11 is 0. The third-order valence-electron chi connectivity index (χ3n) is 4.56. The SMILES string of the molecule is O=C(O)C1CCN(CCO/N=C/c2cc(F)ccc2-c2ccccc2F)C1. The van der Waals surface area contributed by atoms with Gasteiger partial charge in [0.1, 0.15) is 18.2 Å². The highest BCUT2D eigenvalue weighted by Crippen LogP contribution is 2.26. The van der Waals surface area contributed by atoms with Crippen molar-refractivity contribution in [2.24, 2.45) is 11.1 Å². The van der Waals surface area contributed by atoms with Gasteiger partial charge in [-0.05, 0) is 36.7 Å². The van der Waals surface area contributed by atoms with Crippen LogP contribution in [0.4, 0.5) is 8.78 Å². The van der Waals surface area contributed by atoms with Gasteiger partial charge in [0.15, 0.2) is 0 Å². The first-order valence-electron chi connectivity index (χ1n) is 8.69. The van der Waals surface area contributed by atoms with Crippen LogP contribution in [0.25, 0.3) is 11.1 Å². The summed E-state index contributed by atoms with van der Waals surface area (Å²) in [5.74, 6) is -1.96. The molecule has 0 radical (unpaired) electrons. The predicted molar refractivity (Wildman–Crippen MR) is 97.5 cm³/mol. The monoisotopic (exact) mass is 374 g/mol. The maximum absolute atomic E-state index is 14.0. The van der Waals surface area contributed by atoms with Crippen LogP contribution in [-0.4, -0.2) is 48.4 Å². The normalized spacial score (nSPS) is 17.5. The van der Waals surface area contributed by atoms with Crippen molar-refractivity contribution in [3.63, 3.8) is 0 Å². The molecule has 142 valence electrons. The number of rotatable bonds is 7. The Bertz CT molecular complexity index is 842. The van der Waals surface area contributed by atoms with Gasteiger partial charge in [-0.25, -0.2) is 8.78 Å². The zero-order valence-electron chi connectivity index (χ0n) is 14.6. The second-order valence-corrected chi connectivity index (χ2v) is 6.40. The molecular formula is C20H20F2N2O3. The first-order valence-corrected chi connectivity index (χ1v) is 8.69. The third-order valence-corrected chi connectivity index (χ3v) is 4.56. The predicted octanol–water partition coefficient (Wildman–Crippen LogP) is 3.39. The molecule has 1 N–H and O–H groups in total. The molecular weight excluding hydrogens is 354 g/mol. The number of carboxylic acid groups (broad SMARTS) is 1. The topological polar surface area (TPSA) is 62.1 Å². The number of oxime groups is 1. The van der Waals surface area contributed by atoms with Crippen LogP contribution in [0.2, 0.25) is 0 Å². The summed E-state index contributed by atoms with van der Waals surface area (Å²) in [6.45, 7) is 2.06. The standard InChI is InChI=1S/C20H20F2N2O3/c21-16-5-6-17(18-3-1-2-4-19(18)22)15(11-16)12-23-27-10-9-24-8-7-14(13-24)20(25)26/h1-6,11-12,14H,7-10,13H2,(H,25,26)/b23-12+. The number of halogens is 2. The van der Waals surface area contributed by atoms with Crippen LogP contribution in [0.15, 0.2) is 47.6 Å². The summed E-state index contributed by atoms with van der Waals surface area (Å²) in [5, 5.41) is 12.8. The molecule has 2 aromatic rings. The molecule has 0 saturated carbocycles. The Morgan fingerprint density at radius 1 is 1.26 bits per heavy atom. The van der Waals surface area contributed by atoms with E-state index in [2.05, 4.69) is 5.16 Å². The molecule has 1 unspecified atom stereocenters. The van der Waals surface area contributed by atoms with E-state index in [4.69, 9.17) is 9.94 Å². The van der Waals surface area contributed by atoms with Gasteiger partial charge in [-0.3, -0.25) is 9.69 Å². The van der Waals surface area contributed by atoms with E-state index >= 15 is 0 Å². The molecule has 1 fully saturated rings. The van der Waals surface area contributed by atoms with Crippen molar-refractivity contribution < 1.29 is 23.5 Å². The smallest absolute Gasteiger partial charge is 0.307 e. The van der Waals surface area contributed by atoms with Crippen molar-refractivity contribution in [3.05, 3.63) is 59.7 Å². The molecule has 27 heavy (non-hydrogen) atoms. The molecule has 0 amide bonds. The number of nitrogens with zero attached hydrogens (tertiary/aromatic N) is 2. The second kappa shape index (κ2) is 8.73. The lowest BCUT2D eigenvalue weighted by molar-refractivity contribution is -0.141. The highest BCUT2D eigenvalue weighted by molar-refractivity contribution is 5.90. The summed E-state index contributed by atoms with van der Waals surface area (Å²) < 4.78 is 27.6. The Balaban J connectivity index is 1.60. The molecule has 7 heteroatoms. The lowest BCUT2D eigenvalue weighted by atomic mass is 10.00. The molecule has 2 aromatic carbocycles. The van der Waals surface area contributed by atoms with Crippen LogP contribution < -0.4 is 0 Å². The first kappa shape index (κ1) is 19.0. The van der Waals surface area contributed by atoms with E-state index < -0.39 is 17.6 Å². The number of hydrogen-bond donors (Lipinski definition) is 1. The van der Waals surface area contributed by atoms with Crippen LogP contribution in [0.1, 0.15) is 12.0 Å². The van der Waals surface area contributed by atoms with E-state index in [0.717, 1.165) is 0 Å². The van der Waals surface area contributed by atoms with Crippen molar-refractivity contribution in [2.45, 2.75) is 6.42 Å². The van der Waals surface area contributed by atoms with Crippen molar-refractivity contribution in [1.29, 1.82) is 0 Å². The maximum Gasteiger partial charge on any atom is 0.307 e. The summed E-state index contributed by atoms with van der Waals surface area (Å²) in [6, 6.07) is 10.3. The fourth-order valence-electron chi connectivity index (χ4n) is 3.12. The lowest BCUT2D eigenvalue weighted by Crippen LogP contribution is -2.26. The Morgan fingerprint density at radius 2 is 2.07 bits per heavy atom. The Kier molecular flexibility index (Phi) is 6.13. The third kappa shape index (κ3) is 4.89. The average Bonchev–Trinajstić information content (AvgIpc) is 3.12. The number of carbonyl (C=O) groups is 1. The number of carboxylic acids is 1. The maximum atomic E-state index is 14.0. The summed E-state index contributed by atoms with van der Waals surface area (Å²) in [5.41, 5.74) is 1.29. The van der Waals surface area contributed by atoms with Crippen molar-refractivity contribution in [1.82, 2.24) is 4.90 Å². The van der Waals surface area contributed by atoms with Crippen molar-refractivity contribution in [2.75, 3.05) is 26.2 Å². The van der Waals surface area contributed by atoms with E-state index in [-0.39, 0.29) is 12.5 Å². The van der Waals surface area contributed by atoms with Crippen LogP contribution >= 0.6 is 0 Å².